The van der Waals surface area contributed by atoms with Crippen molar-refractivity contribution < 1.29 is 14.7 Å². The molecule has 0 bridgehead atoms. The second-order valence-electron chi connectivity index (χ2n) is 7.69. The first-order valence-corrected chi connectivity index (χ1v) is 10.5. The molecule has 1 aromatic heterocycles. The van der Waals surface area contributed by atoms with Crippen LogP contribution < -0.4 is 0 Å². The molecule has 0 radical (unpaired) electrons. The number of aryl methyl sites for hydroxylation is 1. The summed E-state index contributed by atoms with van der Waals surface area (Å²) in [5.41, 5.74) is 4.73. The van der Waals surface area contributed by atoms with Crippen molar-refractivity contribution in [3.63, 3.8) is 0 Å². The smallest absolute Gasteiger partial charge is 0.303 e. The van der Waals surface area contributed by atoms with Crippen molar-refractivity contribution in [3.8, 4) is 11.3 Å². The fourth-order valence-electron chi connectivity index (χ4n) is 3.90. The van der Waals surface area contributed by atoms with Crippen LogP contribution in [0.2, 0.25) is 0 Å². The molecule has 30 heavy (non-hydrogen) atoms. The van der Waals surface area contributed by atoms with Gasteiger partial charge in [-0.05, 0) is 50.3 Å². The Balaban J connectivity index is 1.68. The molecule has 1 aliphatic rings. The molecule has 6 nitrogen and oxygen atoms in total. The molecular formula is C24H25N3O3. The van der Waals surface area contributed by atoms with Crippen molar-refractivity contribution in [2.24, 2.45) is 0 Å². The van der Waals surface area contributed by atoms with Gasteiger partial charge in [0.25, 0.3) is 5.91 Å². The monoisotopic (exact) mass is 403 g/mol. The number of carbonyl (C=O) groups excluding carboxylic acids is 1. The van der Waals surface area contributed by atoms with Crippen molar-refractivity contribution in [1.29, 1.82) is 0 Å². The Labute approximate surface area is 175 Å². The fraction of sp³-hybridized carbons (Fsp3) is 0.333. The molecule has 6 heteroatoms. The van der Waals surface area contributed by atoms with E-state index in [-0.39, 0.29) is 12.3 Å². The Morgan fingerprint density at radius 1 is 0.933 bits per heavy atom. The lowest BCUT2D eigenvalue weighted by molar-refractivity contribution is -0.137. The van der Waals surface area contributed by atoms with Gasteiger partial charge in [0.1, 0.15) is 0 Å². The zero-order chi connectivity index (χ0) is 20.9. The van der Waals surface area contributed by atoms with Crippen LogP contribution in [0.3, 0.4) is 0 Å². The number of carbonyl (C=O) groups is 2. The van der Waals surface area contributed by atoms with Crippen molar-refractivity contribution >= 4 is 22.9 Å². The highest BCUT2D eigenvalue weighted by atomic mass is 16.4. The van der Waals surface area contributed by atoms with Gasteiger partial charge in [-0.1, -0.05) is 30.3 Å². The molecule has 2 aromatic carbocycles. The van der Waals surface area contributed by atoms with Gasteiger partial charge in [-0.2, -0.15) is 0 Å². The summed E-state index contributed by atoms with van der Waals surface area (Å²) in [7, 11) is 0. The molecule has 0 spiro atoms. The topological polar surface area (TPSA) is 83.4 Å². The van der Waals surface area contributed by atoms with Gasteiger partial charge in [0.05, 0.1) is 22.4 Å². The summed E-state index contributed by atoms with van der Waals surface area (Å²) in [5, 5.41) is 8.89. The van der Waals surface area contributed by atoms with Crippen LogP contribution in [0, 0.1) is 0 Å². The Bertz CT molecular complexity index is 1060. The molecule has 0 atom stereocenters. The van der Waals surface area contributed by atoms with E-state index in [1.165, 1.54) is 0 Å². The van der Waals surface area contributed by atoms with Gasteiger partial charge in [-0.3, -0.25) is 9.59 Å². The van der Waals surface area contributed by atoms with Crippen LogP contribution in [-0.2, 0) is 11.2 Å². The highest BCUT2D eigenvalue weighted by Gasteiger charge is 2.20. The lowest BCUT2D eigenvalue weighted by Gasteiger charge is -2.16. The summed E-state index contributed by atoms with van der Waals surface area (Å²) in [6, 6.07) is 15.4. The molecule has 154 valence electrons. The number of likely N-dealkylation sites (tertiary alicyclic amines) is 1. The highest BCUT2D eigenvalue weighted by molar-refractivity contribution is 5.97. The minimum absolute atomic E-state index is 0.0475. The molecule has 2 heterocycles. The minimum atomic E-state index is -0.784. The normalized spacial score (nSPS) is 13.7. The number of amides is 1. The van der Waals surface area contributed by atoms with E-state index in [0.29, 0.717) is 23.9 Å². The van der Waals surface area contributed by atoms with E-state index >= 15 is 0 Å². The summed E-state index contributed by atoms with van der Waals surface area (Å²) in [6.45, 7) is 1.62. The van der Waals surface area contributed by atoms with Crippen LogP contribution >= 0.6 is 0 Å². The number of aliphatic carboxylic acids is 1. The molecule has 0 aliphatic carbocycles. The number of benzene rings is 2. The highest BCUT2D eigenvalue weighted by Crippen LogP contribution is 2.26. The number of unbranched alkanes of at least 4 members (excludes halogenated alkanes) is 1. The second-order valence-corrected chi connectivity index (χ2v) is 7.69. The standard InChI is InChI=1S/C24H25N3O3/c28-22(29)11-5-4-10-20-23(17-8-2-1-3-9-17)26-19-13-12-18(16-21(19)25-20)24(30)27-14-6-7-15-27/h1-3,8-9,12-13,16H,4-7,10-11,14-15H2,(H,28,29). The molecule has 1 amide bonds. The largest absolute Gasteiger partial charge is 0.481 e. The van der Waals surface area contributed by atoms with Gasteiger partial charge in [0, 0.05) is 30.6 Å². The molecule has 1 fully saturated rings. The zero-order valence-corrected chi connectivity index (χ0v) is 16.9. The minimum Gasteiger partial charge on any atom is -0.481 e. The van der Waals surface area contributed by atoms with Crippen LogP contribution in [0.25, 0.3) is 22.3 Å². The number of carboxylic acids is 1. The third kappa shape index (κ3) is 4.48. The second kappa shape index (κ2) is 9.03. The van der Waals surface area contributed by atoms with Gasteiger partial charge in [0.2, 0.25) is 0 Å². The van der Waals surface area contributed by atoms with Crippen LogP contribution in [0.15, 0.2) is 48.5 Å². The van der Waals surface area contributed by atoms with E-state index in [9.17, 15) is 9.59 Å². The van der Waals surface area contributed by atoms with Crippen molar-refractivity contribution in [1.82, 2.24) is 14.9 Å². The first-order chi connectivity index (χ1) is 14.6. The van der Waals surface area contributed by atoms with E-state index < -0.39 is 5.97 Å². The summed E-state index contributed by atoms with van der Waals surface area (Å²) in [5.74, 6) is -0.737. The Kier molecular flexibility index (Phi) is 6.02. The third-order valence-electron chi connectivity index (χ3n) is 5.48. The summed E-state index contributed by atoms with van der Waals surface area (Å²) >= 11 is 0. The van der Waals surface area contributed by atoms with E-state index in [1.54, 1.807) is 0 Å². The van der Waals surface area contributed by atoms with Gasteiger partial charge in [0.15, 0.2) is 0 Å². The van der Waals surface area contributed by atoms with E-state index in [0.717, 1.165) is 54.8 Å². The lowest BCUT2D eigenvalue weighted by atomic mass is 10.0. The molecule has 0 saturated carbocycles. The maximum atomic E-state index is 12.8. The molecule has 1 N–H and O–H groups in total. The average Bonchev–Trinajstić information content (AvgIpc) is 3.30. The first-order valence-electron chi connectivity index (χ1n) is 10.5. The van der Waals surface area contributed by atoms with Gasteiger partial charge >= 0.3 is 5.97 Å². The van der Waals surface area contributed by atoms with E-state index in [2.05, 4.69) is 0 Å². The van der Waals surface area contributed by atoms with Crippen molar-refractivity contribution in [2.45, 2.75) is 38.5 Å². The number of hydrogen-bond donors (Lipinski definition) is 1. The first kappa shape index (κ1) is 20.0. The third-order valence-corrected chi connectivity index (χ3v) is 5.48. The molecule has 3 aromatic rings. The quantitative estimate of drug-likeness (QED) is 0.594. The maximum Gasteiger partial charge on any atom is 0.303 e. The fourth-order valence-corrected chi connectivity index (χ4v) is 3.90. The van der Waals surface area contributed by atoms with Crippen LogP contribution in [0.4, 0.5) is 0 Å². The zero-order valence-electron chi connectivity index (χ0n) is 16.9. The van der Waals surface area contributed by atoms with Gasteiger partial charge < -0.3 is 10.0 Å². The Morgan fingerprint density at radius 2 is 1.70 bits per heavy atom. The predicted molar refractivity (Wildman–Crippen MR) is 115 cm³/mol. The molecule has 4 rings (SSSR count). The van der Waals surface area contributed by atoms with Crippen LogP contribution in [-0.4, -0.2) is 44.9 Å². The SMILES string of the molecule is O=C(O)CCCCc1nc2cc(C(=O)N3CCCC3)ccc2nc1-c1ccccc1. The van der Waals surface area contributed by atoms with Crippen molar-refractivity contribution in [3.05, 3.63) is 59.8 Å². The number of carboxylic acid groups (broad SMARTS) is 1. The van der Waals surface area contributed by atoms with Crippen LogP contribution in [0.1, 0.15) is 48.2 Å². The summed E-state index contributed by atoms with van der Waals surface area (Å²) in [6.07, 6.45) is 4.22. The molecular weight excluding hydrogens is 378 g/mol. The number of fused-ring (bicyclic) bond motifs is 1. The number of nitrogens with zero attached hydrogens (tertiary/aromatic N) is 3. The summed E-state index contributed by atoms with van der Waals surface area (Å²) in [4.78, 5) is 35.2. The molecule has 1 saturated heterocycles. The Morgan fingerprint density at radius 3 is 2.43 bits per heavy atom. The van der Waals surface area contributed by atoms with E-state index in [4.69, 9.17) is 15.1 Å². The number of rotatable bonds is 7. The molecule has 1 aliphatic heterocycles. The van der Waals surface area contributed by atoms with Gasteiger partial charge in [-0.25, -0.2) is 9.97 Å². The lowest BCUT2D eigenvalue weighted by Crippen LogP contribution is -2.27. The van der Waals surface area contributed by atoms with Gasteiger partial charge in [-0.15, -0.1) is 0 Å². The molecule has 0 unspecified atom stereocenters. The van der Waals surface area contributed by atoms with Crippen LogP contribution in [0.5, 0.6) is 0 Å². The predicted octanol–water partition coefficient (Wildman–Crippen LogP) is 4.33. The number of hydrogen-bond acceptors (Lipinski definition) is 4. The van der Waals surface area contributed by atoms with Crippen molar-refractivity contribution in [2.75, 3.05) is 13.1 Å². The Hall–Kier alpha value is -3.28. The van der Waals surface area contributed by atoms with E-state index in [1.807, 2.05) is 53.4 Å². The number of aromatic nitrogens is 2. The maximum absolute atomic E-state index is 12.8. The summed E-state index contributed by atoms with van der Waals surface area (Å²) < 4.78 is 0. The average molecular weight is 403 g/mol.